The van der Waals surface area contributed by atoms with Crippen LogP contribution < -0.4 is 5.32 Å². The van der Waals surface area contributed by atoms with E-state index in [0.29, 0.717) is 6.54 Å². The Morgan fingerprint density at radius 3 is 2.57 bits per heavy atom. The van der Waals surface area contributed by atoms with E-state index in [4.69, 9.17) is 0 Å². The normalized spacial score (nSPS) is 10.5. The summed E-state index contributed by atoms with van der Waals surface area (Å²) >= 11 is 0. The number of aryl methyl sites for hydroxylation is 1. The number of hydrogen-bond donors (Lipinski definition) is 1. The van der Waals surface area contributed by atoms with Crippen LogP contribution in [0.1, 0.15) is 18.2 Å². The monoisotopic (exact) mass is 278 g/mol. The second-order valence-electron chi connectivity index (χ2n) is 4.83. The van der Waals surface area contributed by atoms with E-state index in [1.807, 2.05) is 36.4 Å². The first kappa shape index (κ1) is 13.4. The maximum absolute atomic E-state index is 4.49. The van der Waals surface area contributed by atoms with Crippen LogP contribution in [0.15, 0.2) is 60.8 Å². The van der Waals surface area contributed by atoms with Crippen molar-refractivity contribution in [3.8, 4) is 5.69 Å². The Morgan fingerprint density at radius 2 is 1.76 bits per heavy atom. The maximum Gasteiger partial charge on any atom is 0.102 e. The quantitative estimate of drug-likeness (QED) is 0.777. The topological polar surface area (TPSA) is 42.7 Å². The second kappa shape index (κ2) is 6.22. The number of hydrogen-bond acceptors (Lipinski definition) is 3. The Balaban J connectivity index is 1.71. The molecule has 3 rings (SSSR count). The summed E-state index contributed by atoms with van der Waals surface area (Å²) in [7, 11) is 0. The molecule has 1 N–H and O–H groups in total. The Morgan fingerprint density at radius 1 is 1.00 bits per heavy atom. The summed E-state index contributed by atoms with van der Waals surface area (Å²) in [4.78, 5) is 1.66. The largest absolute Gasteiger partial charge is 0.379 e. The van der Waals surface area contributed by atoms with Gasteiger partial charge in [0.15, 0.2) is 0 Å². The molecule has 4 heteroatoms. The van der Waals surface area contributed by atoms with Gasteiger partial charge in [0, 0.05) is 5.69 Å². The molecule has 1 aromatic heterocycles. The predicted molar refractivity (Wildman–Crippen MR) is 84.5 cm³/mol. The molecule has 0 saturated heterocycles. The van der Waals surface area contributed by atoms with Crippen molar-refractivity contribution in [1.29, 1.82) is 0 Å². The summed E-state index contributed by atoms with van der Waals surface area (Å²) in [5.74, 6) is 0. The standard InChI is InChI=1S/C17H18N4/c1-2-14-8-6-7-11-17(14)18-12-15-13-19-21(20-15)16-9-4-3-5-10-16/h3-11,13,18H,2,12H2,1H3. The third kappa shape index (κ3) is 3.11. The molecule has 3 aromatic rings. The Bertz CT molecular complexity index is 704. The summed E-state index contributed by atoms with van der Waals surface area (Å²) in [6.45, 7) is 2.83. The summed E-state index contributed by atoms with van der Waals surface area (Å²) < 4.78 is 0. The molecule has 0 bridgehead atoms. The lowest BCUT2D eigenvalue weighted by atomic mass is 10.1. The third-order valence-corrected chi connectivity index (χ3v) is 3.38. The molecule has 0 spiro atoms. The highest BCUT2D eigenvalue weighted by Gasteiger charge is 2.04. The highest BCUT2D eigenvalue weighted by Crippen LogP contribution is 2.16. The average Bonchev–Trinajstić information content (AvgIpc) is 3.03. The van der Waals surface area contributed by atoms with Crippen molar-refractivity contribution < 1.29 is 0 Å². The number of nitrogens with zero attached hydrogens (tertiary/aromatic N) is 3. The summed E-state index contributed by atoms with van der Waals surface area (Å²) in [5.41, 5.74) is 4.37. The first-order chi connectivity index (χ1) is 10.4. The molecule has 0 atom stereocenters. The van der Waals surface area contributed by atoms with Gasteiger partial charge in [-0.3, -0.25) is 0 Å². The van der Waals surface area contributed by atoms with Gasteiger partial charge >= 0.3 is 0 Å². The van der Waals surface area contributed by atoms with Crippen molar-refractivity contribution in [3.05, 3.63) is 72.1 Å². The van der Waals surface area contributed by atoms with Gasteiger partial charge in [-0.15, -0.1) is 0 Å². The minimum atomic E-state index is 0.670. The molecule has 0 aliphatic heterocycles. The van der Waals surface area contributed by atoms with Gasteiger partial charge < -0.3 is 5.32 Å². The molecule has 0 aliphatic rings. The number of rotatable bonds is 5. The van der Waals surface area contributed by atoms with E-state index < -0.39 is 0 Å². The molecule has 1 heterocycles. The van der Waals surface area contributed by atoms with Crippen molar-refractivity contribution in [2.75, 3.05) is 5.32 Å². The minimum Gasteiger partial charge on any atom is -0.379 e. The molecule has 4 nitrogen and oxygen atoms in total. The van der Waals surface area contributed by atoms with Gasteiger partial charge in [-0.1, -0.05) is 43.3 Å². The predicted octanol–water partition coefficient (Wildman–Crippen LogP) is 3.44. The zero-order valence-corrected chi connectivity index (χ0v) is 12.0. The molecule has 0 unspecified atom stereocenters. The lowest BCUT2D eigenvalue weighted by molar-refractivity contribution is 0.740. The molecule has 0 aliphatic carbocycles. The fraction of sp³-hybridized carbons (Fsp3) is 0.176. The van der Waals surface area contributed by atoms with Crippen molar-refractivity contribution in [2.24, 2.45) is 0 Å². The fourth-order valence-electron chi connectivity index (χ4n) is 2.25. The summed E-state index contributed by atoms with van der Waals surface area (Å²) in [6, 6.07) is 18.3. The lowest BCUT2D eigenvalue weighted by Gasteiger charge is -2.09. The molecular weight excluding hydrogens is 260 g/mol. The maximum atomic E-state index is 4.49. The summed E-state index contributed by atoms with van der Waals surface area (Å²) in [6.07, 6.45) is 2.81. The number of benzene rings is 2. The lowest BCUT2D eigenvalue weighted by Crippen LogP contribution is -2.04. The molecule has 2 aromatic carbocycles. The average molecular weight is 278 g/mol. The van der Waals surface area contributed by atoms with Gasteiger partial charge in [-0.05, 0) is 30.2 Å². The first-order valence-corrected chi connectivity index (χ1v) is 7.15. The molecule has 0 radical (unpaired) electrons. The zero-order chi connectivity index (χ0) is 14.5. The van der Waals surface area contributed by atoms with Gasteiger partial charge in [-0.2, -0.15) is 15.0 Å². The van der Waals surface area contributed by atoms with Gasteiger partial charge in [-0.25, -0.2) is 0 Å². The van der Waals surface area contributed by atoms with Crippen LogP contribution in [-0.4, -0.2) is 15.0 Å². The van der Waals surface area contributed by atoms with Crippen molar-refractivity contribution in [1.82, 2.24) is 15.0 Å². The second-order valence-corrected chi connectivity index (χ2v) is 4.83. The van der Waals surface area contributed by atoms with E-state index in [-0.39, 0.29) is 0 Å². The van der Waals surface area contributed by atoms with Gasteiger partial charge in [0.25, 0.3) is 0 Å². The van der Waals surface area contributed by atoms with Gasteiger partial charge in [0.05, 0.1) is 18.4 Å². The number of para-hydroxylation sites is 2. The summed E-state index contributed by atoms with van der Waals surface area (Å²) in [5, 5.41) is 12.2. The van der Waals surface area contributed by atoms with E-state index in [9.17, 15) is 0 Å². The Hall–Kier alpha value is -2.62. The van der Waals surface area contributed by atoms with Gasteiger partial charge in [0.1, 0.15) is 5.69 Å². The number of anilines is 1. The molecular formula is C17H18N4. The van der Waals surface area contributed by atoms with Crippen LogP contribution in [0.5, 0.6) is 0 Å². The van der Waals surface area contributed by atoms with Crippen LogP contribution in [0.2, 0.25) is 0 Å². The first-order valence-electron chi connectivity index (χ1n) is 7.15. The van der Waals surface area contributed by atoms with Crippen molar-refractivity contribution >= 4 is 5.69 Å². The van der Waals surface area contributed by atoms with E-state index in [2.05, 4.69) is 40.6 Å². The molecule has 106 valence electrons. The third-order valence-electron chi connectivity index (χ3n) is 3.38. The van der Waals surface area contributed by atoms with Crippen LogP contribution in [0.4, 0.5) is 5.69 Å². The van der Waals surface area contributed by atoms with E-state index >= 15 is 0 Å². The molecule has 0 saturated carbocycles. The Kier molecular flexibility index (Phi) is 3.96. The van der Waals surface area contributed by atoms with E-state index in [1.54, 1.807) is 11.0 Å². The minimum absolute atomic E-state index is 0.670. The number of nitrogens with one attached hydrogen (secondary N) is 1. The highest BCUT2D eigenvalue weighted by molar-refractivity contribution is 5.51. The van der Waals surface area contributed by atoms with E-state index in [1.165, 1.54) is 5.56 Å². The van der Waals surface area contributed by atoms with Gasteiger partial charge in [0.2, 0.25) is 0 Å². The smallest absolute Gasteiger partial charge is 0.102 e. The van der Waals surface area contributed by atoms with Crippen LogP contribution in [0.25, 0.3) is 5.69 Å². The zero-order valence-electron chi connectivity index (χ0n) is 12.0. The van der Waals surface area contributed by atoms with Crippen LogP contribution in [0, 0.1) is 0 Å². The number of aromatic nitrogens is 3. The fourth-order valence-corrected chi connectivity index (χ4v) is 2.25. The van der Waals surface area contributed by atoms with Crippen molar-refractivity contribution in [3.63, 3.8) is 0 Å². The molecule has 21 heavy (non-hydrogen) atoms. The van der Waals surface area contributed by atoms with Crippen LogP contribution in [-0.2, 0) is 13.0 Å². The Labute approximate surface area is 124 Å². The van der Waals surface area contributed by atoms with Crippen molar-refractivity contribution in [2.45, 2.75) is 19.9 Å². The molecule has 0 amide bonds. The van der Waals surface area contributed by atoms with Crippen LogP contribution >= 0.6 is 0 Å². The highest BCUT2D eigenvalue weighted by atomic mass is 15.5. The molecule has 0 fully saturated rings. The SMILES string of the molecule is CCc1ccccc1NCc1cnn(-c2ccccc2)n1. The van der Waals surface area contributed by atoms with Crippen LogP contribution in [0.3, 0.4) is 0 Å². The van der Waals surface area contributed by atoms with E-state index in [0.717, 1.165) is 23.5 Å².